The van der Waals surface area contributed by atoms with E-state index in [-0.39, 0.29) is 24.5 Å². The maximum absolute atomic E-state index is 11.3. The minimum Gasteiger partial charge on any atom is -0.482 e. The predicted octanol–water partition coefficient (Wildman–Crippen LogP) is 3.17. The van der Waals surface area contributed by atoms with Crippen molar-refractivity contribution in [3.63, 3.8) is 0 Å². The molecule has 0 saturated carbocycles. The summed E-state index contributed by atoms with van der Waals surface area (Å²) in [6, 6.07) is 17.3. The van der Waals surface area contributed by atoms with E-state index in [9.17, 15) is 4.79 Å². The summed E-state index contributed by atoms with van der Waals surface area (Å²) in [6.07, 6.45) is 0.755. The van der Waals surface area contributed by atoms with Gasteiger partial charge in [-0.05, 0) is 55.7 Å². The molecule has 0 amide bonds. The fourth-order valence-corrected chi connectivity index (χ4v) is 2.77. The smallest absolute Gasteiger partial charge is 0.344 e. The Balaban J connectivity index is 2.05. The Morgan fingerprint density at radius 2 is 1.96 bits per heavy atom. The molecule has 26 heavy (non-hydrogen) atoms. The number of carbonyl (C=O) groups is 1. The Kier molecular flexibility index (Phi) is 7.19. The summed E-state index contributed by atoms with van der Waals surface area (Å²) < 4.78 is 10.2. The predicted molar refractivity (Wildman–Crippen MR) is 99.8 cm³/mol. The van der Waals surface area contributed by atoms with Gasteiger partial charge in [-0.25, -0.2) is 4.79 Å². The number of ether oxygens (including phenoxy) is 2. The first-order valence-electron chi connectivity index (χ1n) is 8.66. The molecule has 2 N–H and O–H groups in total. The van der Waals surface area contributed by atoms with E-state index in [2.05, 4.69) is 6.07 Å². The first-order chi connectivity index (χ1) is 12.5. The topological polar surface area (TPSA) is 85.3 Å². The van der Waals surface area contributed by atoms with Crippen molar-refractivity contribution in [2.75, 3.05) is 13.2 Å². The molecule has 0 bridgehead atoms. The number of benzene rings is 2. The highest BCUT2D eigenvalue weighted by Crippen LogP contribution is 2.25. The molecule has 5 heteroatoms. The van der Waals surface area contributed by atoms with E-state index in [1.165, 1.54) is 0 Å². The highest BCUT2D eigenvalue weighted by Gasteiger charge is 2.17. The van der Waals surface area contributed by atoms with Crippen LogP contribution >= 0.6 is 0 Å². The lowest BCUT2D eigenvalue weighted by molar-refractivity contribution is -0.145. The highest BCUT2D eigenvalue weighted by atomic mass is 16.6. The molecular weight excluding hydrogens is 328 g/mol. The first-order valence-corrected chi connectivity index (χ1v) is 8.66. The van der Waals surface area contributed by atoms with Crippen molar-refractivity contribution in [3.05, 3.63) is 65.2 Å². The molecule has 2 rings (SSSR count). The van der Waals surface area contributed by atoms with E-state index >= 15 is 0 Å². The van der Waals surface area contributed by atoms with Crippen molar-refractivity contribution in [1.82, 2.24) is 0 Å². The minimum absolute atomic E-state index is 0.0521. The molecule has 2 aromatic carbocycles. The third kappa shape index (κ3) is 5.61. The second-order valence-electron chi connectivity index (χ2n) is 6.14. The summed E-state index contributed by atoms with van der Waals surface area (Å²) in [7, 11) is 0. The zero-order chi connectivity index (χ0) is 18.9. The summed E-state index contributed by atoms with van der Waals surface area (Å²) in [5, 5.41) is 9.10. The molecule has 0 fully saturated rings. The van der Waals surface area contributed by atoms with Crippen LogP contribution in [0, 0.1) is 11.3 Å². The average molecular weight is 352 g/mol. The molecule has 5 nitrogen and oxygen atoms in total. The van der Waals surface area contributed by atoms with Gasteiger partial charge in [-0.1, -0.05) is 24.3 Å². The second kappa shape index (κ2) is 9.59. The number of nitrogens with two attached hydrogens (primary N) is 1. The number of carbonyl (C=O) groups excluding carboxylic acids is 1. The van der Waals surface area contributed by atoms with Gasteiger partial charge in [-0.3, -0.25) is 0 Å². The Morgan fingerprint density at radius 3 is 2.58 bits per heavy atom. The van der Waals surface area contributed by atoms with E-state index in [0.29, 0.717) is 17.9 Å². The maximum Gasteiger partial charge on any atom is 0.344 e. The molecule has 136 valence electrons. The van der Waals surface area contributed by atoms with Gasteiger partial charge in [0.25, 0.3) is 0 Å². The van der Waals surface area contributed by atoms with Crippen LogP contribution in [-0.2, 0) is 16.0 Å². The van der Waals surface area contributed by atoms with Crippen LogP contribution in [-0.4, -0.2) is 25.2 Å². The summed E-state index contributed by atoms with van der Waals surface area (Å²) in [6.45, 7) is 3.97. The van der Waals surface area contributed by atoms with E-state index in [1.54, 1.807) is 13.0 Å². The Bertz CT molecular complexity index is 764. The fraction of sp³-hybridized carbons (Fsp3) is 0.333. The van der Waals surface area contributed by atoms with Crippen LogP contribution in [0.25, 0.3) is 0 Å². The lowest BCUT2D eigenvalue weighted by Crippen LogP contribution is -2.26. The molecule has 0 saturated heterocycles. The molecule has 0 aliphatic carbocycles. The number of nitrogens with zero attached hydrogens (tertiary/aromatic N) is 1. The number of hydrogen-bond acceptors (Lipinski definition) is 5. The highest BCUT2D eigenvalue weighted by molar-refractivity contribution is 5.71. The molecule has 0 aromatic heterocycles. The summed E-state index contributed by atoms with van der Waals surface area (Å²) in [5.74, 6) is 0.339. The molecule has 0 aliphatic heterocycles. The summed E-state index contributed by atoms with van der Waals surface area (Å²) >= 11 is 0. The lowest BCUT2D eigenvalue weighted by atomic mass is 9.86. The van der Waals surface area contributed by atoms with Gasteiger partial charge in [0.2, 0.25) is 0 Å². The van der Waals surface area contributed by atoms with Gasteiger partial charge in [0, 0.05) is 12.0 Å². The van der Waals surface area contributed by atoms with Crippen molar-refractivity contribution < 1.29 is 14.3 Å². The van der Waals surface area contributed by atoms with E-state index in [1.807, 2.05) is 49.4 Å². The molecule has 0 spiro atoms. The van der Waals surface area contributed by atoms with E-state index in [0.717, 1.165) is 17.5 Å². The van der Waals surface area contributed by atoms with Gasteiger partial charge in [0.05, 0.1) is 18.2 Å². The van der Waals surface area contributed by atoms with Crippen LogP contribution < -0.4 is 10.5 Å². The molecule has 2 unspecified atom stereocenters. The van der Waals surface area contributed by atoms with Gasteiger partial charge in [0.1, 0.15) is 5.75 Å². The molecule has 0 radical (unpaired) electrons. The number of rotatable bonds is 8. The number of esters is 1. The van der Waals surface area contributed by atoms with Crippen molar-refractivity contribution >= 4 is 5.97 Å². The largest absolute Gasteiger partial charge is 0.482 e. The number of hydrogen-bond donors (Lipinski definition) is 1. The Labute approximate surface area is 154 Å². The monoisotopic (exact) mass is 352 g/mol. The lowest BCUT2D eigenvalue weighted by Gasteiger charge is -2.22. The minimum atomic E-state index is -0.383. The third-order valence-electron chi connectivity index (χ3n) is 4.12. The fourth-order valence-electron chi connectivity index (χ4n) is 2.77. The normalized spacial score (nSPS) is 12.7. The van der Waals surface area contributed by atoms with Crippen LogP contribution in [0.4, 0.5) is 0 Å². The Morgan fingerprint density at radius 1 is 1.23 bits per heavy atom. The van der Waals surface area contributed by atoms with Crippen molar-refractivity contribution in [1.29, 1.82) is 5.26 Å². The SMILES string of the molecule is CCOC(=O)COc1ccc(CC(c2cccc(C#N)c2)C(C)N)cc1. The van der Waals surface area contributed by atoms with Gasteiger partial charge >= 0.3 is 5.97 Å². The van der Waals surface area contributed by atoms with Crippen LogP contribution in [0.5, 0.6) is 5.75 Å². The van der Waals surface area contributed by atoms with Gasteiger partial charge < -0.3 is 15.2 Å². The first kappa shape index (κ1) is 19.5. The zero-order valence-corrected chi connectivity index (χ0v) is 15.1. The van der Waals surface area contributed by atoms with Gasteiger partial charge in [-0.15, -0.1) is 0 Å². The van der Waals surface area contributed by atoms with Crippen LogP contribution in [0.3, 0.4) is 0 Å². The average Bonchev–Trinajstić information content (AvgIpc) is 2.65. The van der Waals surface area contributed by atoms with Gasteiger partial charge in [0.15, 0.2) is 6.61 Å². The number of nitriles is 1. The van der Waals surface area contributed by atoms with Crippen molar-refractivity contribution in [3.8, 4) is 11.8 Å². The Hall–Kier alpha value is -2.84. The zero-order valence-electron chi connectivity index (χ0n) is 15.1. The second-order valence-corrected chi connectivity index (χ2v) is 6.14. The molecule has 0 aliphatic rings. The van der Waals surface area contributed by atoms with Crippen molar-refractivity contribution in [2.24, 2.45) is 5.73 Å². The molecular formula is C21H24N2O3. The van der Waals surface area contributed by atoms with Crippen LogP contribution in [0.15, 0.2) is 48.5 Å². The van der Waals surface area contributed by atoms with Crippen LogP contribution in [0.1, 0.15) is 36.5 Å². The quantitative estimate of drug-likeness (QED) is 0.738. The van der Waals surface area contributed by atoms with E-state index in [4.69, 9.17) is 20.5 Å². The summed E-state index contributed by atoms with van der Waals surface area (Å²) in [4.78, 5) is 11.3. The standard InChI is InChI=1S/C21H24N2O3/c1-3-25-21(24)14-26-19-9-7-16(8-10-19)12-20(15(2)23)18-6-4-5-17(11-18)13-22/h4-11,15,20H,3,12,14,23H2,1-2H3. The summed E-state index contributed by atoms with van der Waals surface area (Å²) in [5.41, 5.74) is 8.99. The third-order valence-corrected chi connectivity index (χ3v) is 4.12. The van der Waals surface area contributed by atoms with Crippen molar-refractivity contribution in [2.45, 2.75) is 32.2 Å². The molecule has 0 heterocycles. The maximum atomic E-state index is 11.3. The molecule has 2 aromatic rings. The molecule has 2 atom stereocenters. The van der Waals surface area contributed by atoms with Gasteiger partial charge in [-0.2, -0.15) is 5.26 Å². The van der Waals surface area contributed by atoms with E-state index < -0.39 is 0 Å². The van der Waals surface area contributed by atoms with Crippen LogP contribution in [0.2, 0.25) is 0 Å².